The normalized spacial score (nSPS) is 16.6. The van der Waals surface area contributed by atoms with Gasteiger partial charge in [-0.05, 0) is 66.1 Å². The van der Waals surface area contributed by atoms with Gasteiger partial charge in [0.15, 0.2) is 11.5 Å². The molecule has 8 heteroatoms. The van der Waals surface area contributed by atoms with E-state index in [1.807, 2.05) is 19.1 Å². The molecular weight excluding hydrogens is 474 g/mol. The number of methoxy groups -OCH3 is 4. The van der Waals surface area contributed by atoms with E-state index < -0.39 is 17.7 Å². The average molecular weight is 504 g/mol. The number of hydrogen-bond acceptors (Lipinski definition) is 7. The lowest BCUT2D eigenvalue weighted by Crippen LogP contribution is -2.29. The van der Waals surface area contributed by atoms with Gasteiger partial charge in [0.05, 0.1) is 40.1 Å². The van der Waals surface area contributed by atoms with E-state index in [2.05, 4.69) is 0 Å². The first-order chi connectivity index (χ1) is 17.8. The van der Waals surface area contributed by atoms with Crippen molar-refractivity contribution < 1.29 is 33.6 Å². The highest BCUT2D eigenvalue weighted by atomic mass is 16.5. The summed E-state index contributed by atoms with van der Waals surface area (Å²) in [6.45, 7) is 1.98. The van der Waals surface area contributed by atoms with Crippen LogP contribution in [-0.4, -0.2) is 50.1 Å². The van der Waals surface area contributed by atoms with E-state index in [0.29, 0.717) is 34.1 Å². The molecule has 1 N–H and O–H groups in total. The SMILES string of the molecule is COc1ccc(CN2C(=O)C(=O)/C(=C(\O)c3ccc(OC)c(C)c3)C2c2ccc(OC)c(OC)c2)cc1. The number of carbonyl (C=O) groups excluding carboxylic acids is 2. The van der Waals surface area contributed by atoms with E-state index in [4.69, 9.17) is 18.9 Å². The second-order valence-electron chi connectivity index (χ2n) is 8.57. The number of likely N-dealkylation sites (tertiary alicyclic amines) is 1. The van der Waals surface area contributed by atoms with E-state index in [1.165, 1.54) is 19.1 Å². The number of hydrogen-bond donors (Lipinski definition) is 1. The fourth-order valence-electron chi connectivity index (χ4n) is 4.52. The summed E-state index contributed by atoms with van der Waals surface area (Å²) in [5.41, 5.74) is 2.58. The van der Waals surface area contributed by atoms with Gasteiger partial charge in [0.2, 0.25) is 0 Å². The molecule has 1 aliphatic heterocycles. The molecule has 0 radical (unpaired) electrons. The Morgan fingerprint density at radius 1 is 0.811 bits per heavy atom. The van der Waals surface area contributed by atoms with Gasteiger partial charge >= 0.3 is 0 Å². The quantitative estimate of drug-likeness (QED) is 0.272. The Kier molecular flexibility index (Phi) is 7.38. The molecule has 0 aromatic heterocycles. The topological polar surface area (TPSA) is 94.5 Å². The van der Waals surface area contributed by atoms with Crippen LogP contribution < -0.4 is 18.9 Å². The molecule has 0 aliphatic carbocycles. The average Bonchev–Trinajstić information content (AvgIpc) is 3.17. The molecule has 8 nitrogen and oxygen atoms in total. The van der Waals surface area contributed by atoms with Gasteiger partial charge in [0.25, 0.3) is 11.7 Å². The van der Waals surface area contributed by atoms with Crippen molar-refractivity contribution in [2.45, 2.75) is 19.5 Å². The maximum atomic E-state index is 13.4. The second-order valence-corrected chi connectivity index (χ2v) is 8.57. The number of aliphatic hydroxyl groups excluding tert-OH is 1. The molecule has 1 fully saturated rings. The van der Waals surface area contributed by atoms with Gasteiger partial charge in [-0.1, -0.05) is 18.2 Å². The Hall–Kier alpha value is -4.46. The van der Waals surface area contributed by atoms with Crippen LogP contribution in [0, 0.1) is 6.92 Å². The van der Waals surface area contributed by atoms with Crippen LogP contribution in [0.5, 0.6) is 23.0 Å². The van der Waals surface area contributed by atoms with Crippen LogP contribution in [0.4, 0.5) is 0 Å². The fraction of sp³-hybridized carbons (Fsp3) is 0.241. The predicted octanol–water partition coefficient (Wildman–Crippen LogP) is 4.65. The summed E-state index contributed by atoms with van der Waals surface area (Å²) in [6, 6.07) is 16.6. The van der Waals surface area contributed by atoms with Crippen molar-refractivity contribution >= 4 is 17.4 Å². The third-order valence-corrected chi connectivity index (χ3v) is 6.44. The predicted molar refractivity (Wildman–Crippen MR) is 138 cm³/mol. The van der Waals surface area contributed by atoms with Crippen LogP contribution in [0.3, 0.4) is 0 Å². The van der Waals surface area contributed by atoms with Gasteiger partial charge in [0, 0.05) is 12.1 Å². The number of carbonyl (C=O) groups is 2. The van der Waals surface area contributed by atoms with Gasteiger partial charge in [-0.2, -0.15) is 0 Å². The maximum Gasteiger partial charge on any atom is 0.295 e. The third-order valence-electron chi connectivity index (χ3n) is 6.44. The molecule has 1 heterocycles. The number of ether oxygens (including phenoxy) is 4. The van der Waals surface area contributed by atoms with Gasteiger partial charge < -0.3 is 29.0 Å². The Morgan fingerprint density at radius 2 is 1.46 bits per heavy atom. The van der Waals surface area contributed by atoms with Gasteiger partial charge in [-0.15, -0.1) is 0 Å². The first kappa shape index (κ1) is 25.6. The van der Waals surface area contributed by atoms with Crippen molar-refractivity contribution in [1.82, 2.24) is 4.90 Å². The molecule has 37 heavy (non-hydrogen) atoms. The molecule has 0 spiro atoms. The number of amides is 1. The Labute approximate surface area is 215 Å². The third kappa shape index (κ3) is 4.82. The monoisotopic (exact) mass is 503 g/mol. The zero-order chi connectivity index (χ0) is 26.7. The fourth-order valence-corrected chi connectivity index (χ4v) is 4.52. The van der Waals surface area contributed by atoms with Crippen LogP contribution in [0.25, 0.3) is 5.76 Å². The van der Waals surface area contributed by atoms with Crippen molar-refractivity contribution in [2.24, 2.45) is 0 Å². The van der Waals surface area contributed by atoms with E-state index >= 15 is 0 Å². The maximum absolute atomic E-state index is 13.4. The lowest BCUT2D eigenvalue weighted by Gasteiger charge is -2.26. The zero-order valence-corrected chi connectivity index (χ0v) is 21.4. The standard InChI is InChI=1S/C29H29NO7/c1-17-14-20(9-12-22(17)35-3)27(31)25-26(19-8-13-23(36-4)24(15-19)37-5)30(29(33)28(25)32)16-18-6-10-21(34-2)11-7-18/h6-15,26,31H,16H2,1-5H3/b27-25-. The molecule has 1 unspecified atom stereocenters. The molecular formula is C29H29NO7. The van der Waals surface area contributed by atoms with E-state index in [0.717, 1.165) is 11.1 Å². The minimum atomic E-state index is -0.857. The molecule has 1 saturated heterocycles. The Morgan fingerprint density at radius 3 is 2.05 bits per heavy atom. The van der Waals surface area contributed by atoms with Gasteiger partial charge in [-0.3, -0.25) is 9.59 Å². The molecule has 4 rings (SSSR count). The highest BCUT2D eigenvalue weighted by molar-refractivity contribution is 6.46. The Bertz CT molecular complexity index is 1360. The number of aliphatic hydroxyl groups is 1. The van der Waals surface area contributed by atoms with Crippen molar-refractivity contribution in [1.29, 1.82) is 0 Å². The van der Waals surface area contributed by atoms with Crippen molar-refractivity contribution in [3.8, 4) is 23.0 Å². The summed E-state index contributed by atoms with van der Waals surface area (Å²) in [4.78, 5) is 28.2. The summed E-state index contributed by atoms with van der Waals surface area (Å²) in [7, 11) is 6.17. The molecule has 0 saturated carbocycles. The van der Waals surface area contributed by atoms with E-state index in [9.17, 15) is 14.7 Å². The minimum absolute atomic E-state index is 0.00435. The molecule has 0 bridgehead atoms. The number of benzene rings is 3. The summed E-state index contributed by atoms with van der Waals surface area (Å²) >= 11 is 0. The van der Waals surface area contributed by atoms with Crippen LogP contribution in [0.1, 0.15) is 28.3 Å². The lowest BCUT2D eigenvalue weighted by atomic mass is 9.94. The number of Topliss-reactive ketones (excluding diaryl/α,β-unsaturated/α-hetero) is 1. The summed E-state index contributed by atoms with van der Waals surface area (Å²) in [5.74, 6) is 0.535. The number of aryl methyl sites for hydroxylation is 1. The summed E-state index contributed by atoms with van der Waals surface area (Å²) in [6.07, 6.45) is 0. The van der Waals surface area contributed by atoms with Crippen molar-refractivity contribution in [3.63, 3.8) is 0 Å². The largest absolute Gasteiger partial charge is 0.507 e. The summed E-state index contributed by atoms with van der Waals surface area (Å²) < 4.78 is 21.4. The number of nitrogens with zero attached hydrogens (tertiary/aromatic N) is 1. The molecule has 1 amide bonds. The minimum Gasteiger partial charge on any atom is -0.507 e. The highest BCUT2D eigenvalue weighted by Crippen LogP contribution is 2.43. The molecule has 1 aliphatic rings. The van der Waals surface area contributed by atoms with Crippen LogP contribution in [0.15, 0.2) is 66.2 Å². The van der Waals surface area contributed by atoms with Gasteiger partial charge in [-0.25, -0.2) is 0 Å². The second kappa shape index (κ2) is 10.7. The van der Waals surface area contributed by atoms with Crippen LogP contribution in [0.2, 0.25) is 0 Å². The van der Waals surface area contributed by atoms with Crippen molar-refractivity contribution in [2.75, 3.05) is 28.4 Å². The molecule has 192 valence electrons. The van der Waals surface area contributed by atoms with E-state index in [-0.39, 0.29) is 17.9 Å². The first-order valence-corrected chi connectivity index (χ1v) is 11.6. The smallest absolute Gasteiger partial charge is 0.295 e. The molecule has 1 atom stereocenters. The molecule has 3 aromatic rings. The number of rotatable bonds is 8. The van der Waals surface area contributed by atoms with Crippen LogP contribution in [-0.2, 0) is 16.1 Å². The van der Waals surface area contributed by atoms with E-state index in [1.54, 1.807) is 62.8 Å². The van der Waals surface area contributed by atoms with Crippen LogP contribution >= 0.6 is 0 Å². The summed E-state index contributed by atoms with van der Waals surface area (Å²) in [5, 5.41) is 11.4. The van der Waals surface area contributed by atoms with Crippen molar-refractivity contribution in [3.05, 3.63) is 88.5 Å². The first-order valence-electron chi connectivity index (χ1n) is 11.6. The lowest BCUT2D eigenvalue weighted by molar-refractivity contribution is -0.140. The number of ketones is 1. The molecule has 3 aromatic carbocycles. The Balaban J connectivity index is 1.87. The van der Waals surface area contributed by atoms with Gasteiger partial charge in [0.1, 0.15) is 17.3 Å². The zero-order valence-electron chi connectivity index (χ0n) is 21.4. The highest BCUT2D eigenvalue weighted by Gasteiger charge is 2.46.